The molecule has 0 aliphatic rings. The van der Waals surface area contributed by atoms with E-state index in [4.69, 9.17) is 4.74 Å². The maximum Gasteiger partial charge on any atom is 0.387 e. The quantitative estimate of drug-likeness (QED) is 0.663. The number of halogens is 2. The molecule has 9 heteroatoms. The smallest absolute Gasteiger partial charge is 0.387 e. The van der Waals surface area contributed by atoms with Crippen molar-refractivity contribution < 1.29 is 32.6 Å². The molecule has 2 aromatic carbocycles. The average molecular weight is 420 g/mol. The number of alkyl halides is 2. The van der Waals surface area contributed by atoms with Crippen LogP contribution in [0.5, 0.6) is 5.75 Å². The number of amides is 2. The number of anilines is 1. The van der Waals surface area contributed by atoms with E-state index in [0.29, 0.717) is 5.69 Å². The van der Waals surface area contributed by atoms with Gasteiger partial charge in [-0.25, -0.2) is 4.79 Å². The maximum atomic E-state index is 12.2. The Hall–Kier alpha value is -3.49. The summed E-state index contributed by atoms with van der Waals surface area (Å²) in [5.74, 6) is -1.87. The highest BCUT2D eigenvalue weighted by atomic mass is 19.3. The van der Waals surface area contributed by atoms with Crippen LogP contribution in [-0.4, -0.2) is 49.5 Å². The zero-order valence-electron chi connectivity index (χ0n) is 16.8. The zero-order chi connectivity index (χ0) is 22.3. The lowest BCUT2D eigenvalue weighted by molar-refractivity contribution is -0.136. The molecule has 160 valence electrons. The summed E-state index contributed by atoms with van der Waals surface area (Å²) in [7, 11) is 1.41. The maximum absolute atomic E-state index is 12.2. The van der Waals surface area contributed by atoms with E-state index in [2.05, 4.69) is 10.1 Å². The van der Waals surface area contributed by atoms with Gasteiger partial charge in [0, 0.05) is 12.7 Å². The predicted octanol–water partition coefficient (Wildman–Crippen LogP) is 3.16. The highest BCUT2D eigenvalue weighted by Crippen LogP contribution is 2.17. The number of ether oxygens (including phenoxy) is 2. The van der Waals surface area contributed by atoms with Crippen molar-refractivity contribution in [3.05, 3.63) is 59.2 Å². The Labute approximate surface area is 172 Å². The molecule has 0 aromatic heterocycles. The Morgan fingerprint density at radius 3 is 2.37 bits per heavy atom. The van der Waals surface area contributed by atoms with Gasteiger partial charge in [0.15, 0.2) is 6.61 Å². The first-order valence-electron chi connectivity index (χ1n) is 8.98. The SMILES string of the molecule is Cc1ccc(C)c(NC(=O)CN(C)C(=O)COC(=O)c2ccc(OC(F)F)cc2)c1. The summed E-state index contributed by atoms with van der Waals surface area (Å²) >= 11 is 0. The molecular weight excluding hydrogens is 398 g/mol. The molecule has 2 amide bonds. The predicted molar refractivity (Wildman–Crippen MR) is 106 cm³/mol. The number of esters is 1. The highest BCUT2D eigenvalue weighted by Gasteiger charge is 2.17. The van der Waals surface area contributed by atoms with E-state index in [0.717, 1.165) is 16.0 Å². The Kier molecular flexibility index (Phi) is 7.85. The van der Waals surface area contributed by atoms with Crippen molar-refractivity contribution in [3.8, 4) is 5.75 Å². The monoisotopic (exact) mass is 420 g/mol. The molecular formula is C21H22F2N2O5. The third-order valence-electron chi connectivity index (χ3n) is 4.12. The number of hydrogen-bond acceptors (Lipinski definition) is 5. The largest absolute Gasteiger partial charge is 0.452 e. The van der Waals surface area contributed by atoms with Crippen LogP contribution < -0.4 is 10.1 Å². The molecule has 0 radical (unpaired) electrons. The molecule has 0 fully saturated rings. The van der Waals surface area contributed by atoms with E-state index >= 15 is 0 Å². The van der Waals surface area contributed by atoms with Gasteiger partial charge in [0.05, 0.1) is 12.1 Å². The summed E-state index contributed by atoms with van der Waals surface area (Å²) in [6, 6.07) is 10.5. The number of benzene rings is 2. The molecule has 0 spiro atoms. The van der Waals surface area contributed by atoms with Gasteiger partial charge in [-0.15, -0.1) is 0 Å². The van der Waals surface area contributed by atoms with Crippen molar-refractivity contribution in [1.29, 1.82) is 0 Å². The van der Waals surface area contributed by atoms with Crippen LogP contribution in [-0.2, 0) is 14.3 Å². The molecule has 2 rings (SSSR count). The van der Waals surface area contributed by atoms with E-state index in [1.807, 2.05) is 32.0 Å². The summed E-state index contributed by atoms with van der Waals surface area (Å²) in [6.07, 6.45) is 0. The first-order chi connectivity index (χ1) is 14.2. The van der Waals surface area contributed by atoms with Crippen LogP contribution in [0.2, 0.25) is 0 Å². The zero-order valence-corrected chi connectivity index (χ0v) is 16.8. The summed E-state index contributed by atoms with van der Waals surface area (Å²) < 4.78 is 33.4. The van der Waals surface area contributed by atoms with Crippen LogP contribution in [0.3, 0.4) is 0 Å². The van der Waals surface area contributed by atoms with Gasteiger partial charge in [-0.2, -0.15) is 8.78 Å². The fourth-order valence-electron chi connectivity index (χ4n) is 2.46. The van der Waals surface area contributed by atoms with Crippen LogP contribution >= 0.6 is 0 Å². The molecule has 0 heterocycles. The van der Waals surface area contributed by atoms with E-state index in [1.54, 1.807) is 0 Å². The molecule has 0 saturated carbocycles. The van der Waals surface area contributed by atoms with Gasteiger partial charge in [0.2, 0.25) is 5.91 Å². The standard InChI is InChI=1S/C21H22F2N2O5/c1-13-4-5-14(2)17(10-13)24-18(26)11-25(3)19(27)12-29-20(28)15-6-8-16(9-7-15)30-21(22)23/h4-10,21H,11-12H2,1-3H3,(H,24,26). The third kappa shape index (κ3) is 6.84. The molecule has 0 atom stereocenters. The molecule has 0 aliphatic heterocycles. The van der Waals surface area contributed by atoms with Gasteiger partial charge in [-0.1, -0.05) is 12.1 Å². The van der Waals surface area contributed by atoms with Crippen molar-refractivity contribution in [2.24, 2.45) is 0 Å². The number of carbonyl (C=O) groups is 3. The molecule has 0 unspecified atom stereocenters. The van der Waals surface area contributed by atoms with E-state index in [-0.39, 0.29) is 23.8 Å². The second-order valence-electron chi connectivity index (χ2n) is 6.60. The molecule has 1 N–H and O–H groups in total. The number of rotatable bonds is 8. The fourth-order valence-corrected chi connectivity index (χ4v) is 2.46. The Bertz CT molecular complexity index is 916. The minimum atomic E-state index is -2.97. The van der Waals surface area contributed by atoms with Gasteiger partial charge in [0.1, 0.15) is 5.75 Å². The van der Waals surface area contributed by atoms with Gasteiger partial charge >= 0.3 is 12.6 Å². The van der Waals surface area contributed by atoms with E-state index in [1.165, 1.54) is 31.3 Å². The van der Waals surface area contributed by atoms with Crippen molar-refractivity contribution in [2.75, 3.05) is 25.5 Å². The Balaban J connectivity index is 1.82. The van der Waals surface area contributed by atoms with Crippen LogP contribution in [0.1, 0.15) is 21.5 Å². The number of nitrogens with zero attached hydrogens (tertiary/aromatic N) is 1. The summed E-state index contributed by atoms with van der Waals surface area (Å²) in [6.45, 7) is 0.00159. The molecule has 2 aromatic rings. The second-order valence-corrected chi connectivity index (χ2v) is 6.60. The average Bonchev–Trinajstić information content (AvgIpc) is 2.68. The molecule has 7 nitrogen and oxygen atoms in total. The highest BCUT2D eigenvalue weighted by molar-refractivity contribution is 5.96. The topological polar surface area (TPSA) is 84.9 Å². The Morgan fingerprint density at radius 2 is 1.73 bits per heavy atom. The van der Waals surface area contributed by atoms with E-state index < -0.39 is 25.1 Å². The normalized spacial score (nSPS) is 10.5. The summed E-state index contributed by atoms with van der Waals surface area (Å²) in [5, 5.41) is 2.74. The lowest BCUT2D eigenvalue weighted by Crippen LogP contribution is -2.37. The molecule has 0 bridgehead atoms. The van der Waals surface area contributed by atoms with Gasteiger partial charge in [0.25, 0.3) is 5.91 Å². The lowest BCUT2D eigenvalue weighted by atomic mass is 10.1. The van der Waals surface area contributed by atoms with Crippen molar-refractivity contribution >= 4 is 23.5 Å². The van der Waals surface area contributed by atoms with Crippen LogP contribution in [0, 0.1) is 13.8 Å². The number of aryl methyl sites for hydroxylation is 2. The minimum absolute atomic E-state index is 0.0692. The van der Waals surface area contributed by atoms with Gasteiger partial charge < -0.3 is 19.7 Å². The summed E-state index contributed by atoms with van der Waals surface area (Å²) in [5.41, 5.74) is 2.61. The van der Waals surface area contributed by atoms with Crippen molar-refractivity contribution in [3.63, 3.8) is 0 Å². The number of hydrogen-bond donors (Lipinski definition) is 1. The first kappa shape index (κ1) is 22.8. The van der Waals surface area contributed by atoms with E-state index in [9.17, 15) is 23.2 Å². The van der Waals surface area contributed by atoms with Crippen LogP contribution in [0.4, 0.5) is 14.5 Å². The van der Waals surface area contributed by atoms with Gasteiger partial charge in [-0.05, 0) is 55.3 Å². The van der Waals surface area contributed by atoms with Crippen LogP contribution in [0.15, 0.2) is 42.5 Å². The molecule has 0 saturated heterocycles. The van der Waals surface area contributed by atoms with Crippen LogP contribution in [0.25, 0.3) is 0 Å². The number of likely N-dealkylation sites (N-methyl/N-ethyl adjacent to an activating group) is 1. The summed E-state index contributed by atoms with van der Waals surface area (Å²) in [4.78, 5) is 37.4. The number of carbonyl (C=O) groups excluding carboxylic acids is 3. The van der Waals surface area contributed by atoms with Crippen molar-refractivity contribution in [1.82, 2.24) is 4.90 Å². The minimum Gasteiger partial charge on any atom is -0.452 e. The lowest BCUT2D eigenvalue weighted by Gasteiger charge is -2.17. The first-order valence-corrected chi connectivity index (χ1v) is 8.98. The van der Waals surface area contributed by atoms with Gasteiger partial charge in [-0.3, -0.25) is 9.59 Å². The Morgan fingerprint density at radius 1 is 1.07 bits per heavy atom. The fraction of sp³-hybridized carbons (Fsp3) is 0.286. The molecule has 30 heavy (non-hydrogen) atoms. The third-order valence-corrected chi connectivity index (χ3v) is 4.12. The molecule has 0 aliphatic carbocycles. The second kappa shape index (κ2) is 10.3. The van der Waals surface area contributed by atoms with Crippen molar-refractivity contribution in [2.45, 2.75) is 20.5 Å². The number of nitrogens with one attached hydrogen (secondary N) is 1.